The molecule has 0 aliphatic rings. The largest absolute Gasteiger partial charge is 0.464 e. The van der Waals surface area contributed by atoms with E-state index in [0.29, 0.717) is 23.6 Å². The van der Waals surface area contributed by atoms with Gasteiger partial charge in [0.1, 0.15) is 17.3 Å². The van der Waals surface area contributed by atoms with Crippen LogP contribution in [0.5, 0.6) is 0 Å². The van der Waals surface area contributed by atoms with Crippen molar-refractivity contribution in [2.45, 2.75) is 13.5 Å². The summed E-state index contributed by atoms with van der Waals surface area (Å²) in [6.45, 7) is 2.11. The Morgan fingerprint density at radius 2 is 2.20 bits per heavy atom. The SMILES string of the molecule is Cc1oc(CN(C)c2cccc(F)c2)cc1C(=O)NN. The lowest BCUT2D eigenvalue weighted by Gasteiger charge is -2.17. The van der Waals surface area contributed by atoms with Crippen LogP contribution in [0, 0.1) is 12.7 Å². The minimum atomic E-state index is -0.397. The molecule has 20 heavy (non-hydrogen) atoms. The molecule has 1 heterocycles. The molecule has 1 aromatic carbocycles. The van der Waals surface area contributed by atoms with E-state index in [9.17, 15) is 9.18 Å². The zero-order chi connectivity index (χ0) is 14.7. The second-order valence-electron chi connectivity index (χ2n) is 4.49. The number of carbonyl (C=O) groups is 1. The molecule has 0 atom stereocenters. The van der Waals surface area contributed by atoms with Crippen molar-refractivity contribution in [1.82, 2.24) is 5.43 Å². The van der Waals surface area contributed by atoms with Gasteiger partial charge < -0.3 is 9.32 Å². The van der Waals surface area contributed by atoms with E-state index in [2.05, 4.69) is 5.43 Å². The molecule has 3 N–H and O–H groups in total. The summed E-state index contributed by atoms with van der Waals surface area (Å²) in [7, 11) is 1.81. The minimum absolute atomic E-state index is 0.298. The zero-order valence-electron chi connectivity index (χ0n) is 11.3. The number of hydrogen-bond acceptors (Lipinski definition) is 4. The van der Waals surface area contributed by atoms with Gasteiger partial charge in [-0.2, -0.15) is 0 Å². The predicted octanol–water partition coefficient (Wildman–Crippen LogP) is 1.97. The molecule has 0 aliphatic carbocycles. The molecule has 5 nitrogen and oxygen atoms in total. The highest BCUT2D eigenvalue weighted by Gasteiger charge is 2.15. The number of nitrogens with two attached hydrogens (primary N) is 1. The fourth-order valence-electron chi connectivity index (χ4n) is 1.96. The highest BCUT2D eigenvalue weighted by atomic mass is 19.1. The Bertz CT molecular complexity index is 625. The first-order valence-electron chi connectivity index (χ1n) is 6.08. The van der Waals surface area contributed by atoms with Gasteiger partial charge in [-0.3, -0.25) is 10.2 Å². The number of benzene rings is 1. The Morgan fingerprint density at radius 1 is 1.45 bits per heavy atom. The van der Waals surface area contributed by atoms with E-state index >= 15 is 0 Å². The molecule has 2 aromatic rings. The third kappa shape index (κ3) is 2.97. The Balaban J connectivity index is 2.16. The van der Waals surface area contributed by atoms with Crippen molar-refractivity contribution in [2.75, 3.05) is 11.9 Å². The quantitative estimate of drug-likeness (QED) is 0.509. The molecule has 0 saturated carbocycles. The average Bonchev–Trinajstić information content (AvgIpc) is 2.78. The number of halogens is 1. The molecule has 0 unspecified atom stereocenters. The number of hydrazine groups is 1. The van der Waals surface area contributed by atoms with Crippen LogP contribution >= 0.6 is 0 Å². The molecule has 6 heteroatoms. The number of anilines is 1. The third-order valence-electron chi connectivity index (χ3n) is 2.99. The molecular weight excluding hydrogens is 261 g/mol. The van der Waals surface area contributed by atoms with Crippen molar-refractivity contribution in [3.05, 3.63) is 53.2 Å². The van der Waals surface area contributed by atoms with Crippen LogP contribution in [0.2, 0.25) is 0 Å². The van der Waals surface area contributed by atoms with Crippen molar-refractivity contribution < 1.29 is 13.6 Å². The Labute approximate surface area is 116 Å². The van der Waals surface area contributed by atoms with Crippen LogP contribution in [0.4, 0.5) is 10.1 Å². The van der Waals surface area contributed by atoms with E-state index in [1.807, 2.05) is 11.9 Å². The highest BCUT2D eigenvalue weighted by Crippen LogP contribution is 2.20. The van der Waals surface area contributed by atoms with Crippen molar-refractivity contribution >= 4 is 11.6 Å². The summed E-state index contributed by atoms with van der Waals surface area (Å²) in [5.74, 6) is 5.50. The molecule has 0 radical (unpaired) electrons. The lowest BCUT2D eigenvalue weighted by atomic mass is 10.2. The zero-order valence-corrected chi connectivity index (χ0v) is 11.3. The van der Waals surface area contributed by atoms with E-state index in [1.165, 1.54) is 12.1 Å². The molecule has 2 rings (SSSR count). The standard InChI is InChI=1S/C14H16FN3O2/c1-9-13(14(19)17-16)7-12(20-9)8-18(2)11-5-3-4-10(15)6-11/h3-7H,8,16H2,1-2H3,(H,17,19). The normalized spacial score (nSPS) is 10.4. The van der Waals surface area contributed by atoms with E-state index in [1.54, 1.807) is 25.1 Å². The summed E-state index contributed by atoms with van der Waals surface area (Å²) in [4.78, 5) is 13.3. The van der Waals surface area contributed by atoms with Gasteiger partial charge >= 0.3 is 0 Å². The van der Waals surface area contributed by atoms with E-state index in [0.717, 1.165) is 5.69 Å². The third-order valence-corrected chi connectivity index (χ3v) is 2.99. The Kier molecular flexibility index (Phi) is 4.05. The van der Waals surface area contributed by atoms with Crippen LogP contribution in [-0.2, 0) is 6.54 Å². The monoisotopic (exact) mass is 277 g/mol. The van der Waals surface area contributed by atoms with E-state index < -0.39 is 5.91 Å². The van der Waals surface area contributed by atoms with Gasteiger partial charge in [0.25, 0.3) is 5.91 Å². The predicted molar refractivity (Wildman–Crippen MR) is 73.6 cm³/mol. The molecule has 1 amide bonds. The van der Waals surface area contributed by atoms with E-state index in [-0.39, 0.29) is 5.82 Å². The van der Waals surface area contributed by atoms with Crippen LogP contribution in [0.15, 0.2) is 34.7 Å². The maximum Gasteiger partial charge on any atom is 0.268 e. The number of rotatable bonds is 4. The van der Waals surface area contributed by atoms with Gasteiger partial charge in [0.05, 0.1) is 12.1 Å². The number of amides is 1. The fourth-order valence-corrected chi connectivity index (χ4v) is 1.96. The van der Waals surface area contributed by atoms with Crippen molar-refractivity contribution in [2.24, 2.45) is 5.84 Å². The number of nitrogens with zero attached hydrogens (tertiary/aromatic N) is 1. The van der Waals surface area contributed by atoms with Gasteiger partial charge in [0.15, 0.2) is 0 Å². The van der Waals surface area contributed by atoms with Crippen LogP contribution in [-0.4, -0.2) is 13.0 Å². The summed E-state index contributed by atoms with van der Waals surface area (Å²) in [6.07, 6.45) is 0. The van der Waals surface area contributed by atoms with Crippen LogP contribution in [0.3, 0.4) is 0 Å². The smallest absolute Gasteiger partial charge is 0.268 e. The van der Waals surface area contributed by atoms with Gasteiger partial charge in [-0.05, 0) is 31.2 Å². The molecule has 1 aromatic heterocycles. The van der Waals surface area contributed by atoms with Crippen molar-refractivity contribution in [3.63, 3.8) is 0 Å². The Hall–Kier alpha value is -2.34. The van der Waals surface area contributed by atoms with Crippen LogP contribution < -0.4 is 16.2 Å². The molecule has 0 fully saturated rings. The fraction of sp³-hybridized carbons (Fsp3) is 0.214. The van der Waals surface area contributed by atoms with E-state index in [4.69, 9.17) is 10.3 Å². The van der Waals surface area contributed by atoms with Gasteiger partial charge in [0.2, 0.25) is 0 Å². The number of aryl methyl sites for hydroxylation is 1. The van der Waals surface area contributed by atoms with Crippen molar-refractivity contribution in [1.29, 1.82) is 0 Å². The highest BCUT2D eigenvalue weighted by molar-refractivity contribution is 5.94. The summed E-state index contributed by atoms with van der Waals surface area (Å²) in [5.41, 5.74) is 3.19. The Morgan fingerprint density at radius 3 is 2.85 bits per heavy atom. The molecular formula is C14H16FN3O2. The number of furan rings is 1. The van der Waals surface area contributed by atoms with Gasteiger partial charge in [-0.1, -0.05) is 6.07 Å². The van der Waals surface area contributed by atoms with Crippen LogP contribution in [0.1, 0.15) is 21.9 Å². The topological polar surface area (TPSA) is 71.5 Å². The summed E-state index contributed by atoms with van der Waals surface area (Å²) < 4.78 is 18.7. The first kappa shape index (κ1) is 14.1. The summed E-state index contributed by atoms with van der Waals surface area (Å²) in [5, 5.41) is 0. The second kappa shape index (κ2) is 5.75. The molecule has 106 valence electrons. The van der Waals surface area contributed by atoms with Gasteiger partial charge in [-0.25, -0.2) is 10.2 Å². The summed E-state index contributed by atoms with van der Waals surface area (Å²) >= 11 is 0. The molecule has 0 spiro atoms. The lowest BCUT2D eigenvalue weighted by molar-refractivity contribution is 0.0952. The first-order valence-corrected chi connectivity index (χ1v) is 6.08. The first-order chi connectivity index (χ1) is 9.51. The summed E-state index contributed by atoms with van der Waals surface area (Å²) in [6, 6.07) is 7.89. The lowest BCUT2D eigenvalue weighted by Crippen LogP contribution is -2.30. The number of carbonyl (C=O) groups excluding carboxylic acids is 1. The van der Waals surface area contributed by atoms with Crippen LogP contribution in [0.25, 0.3) is 0 Å². The second-order valence-corrected chi connectivity index (χ2v) is 4.49. The van der Waals surface area contributed by atoms with Crippen molar-refractivity contribution in [3.8, 4) is 0 Å². The molecule has 0 saturated heterocycles. The van der Waals surface area contributed by atoms with Gasteiger partial charge in [-0.15, -0.1) is 0 Å². The molecule has 0 bridgehead atoms. The minimum Gasteiger partial charge on any atom is -0.464 e. The van der Waals surface area contributed by atoms with Gasteiger partial charge in [0, 0.05) is 12.7 Å². The number of nitrogens with one attached hydrogen (secondary N) is 1. The molecule has 0 aliphatic heterocycles. The maximum absolute atomic E-state index is 13.2. The maximum atomic E-state index is 13.2. The number of nitrogen functional groups attached to an aromatic ring is 1. The number of hydrogen-bond donors (Lipinski definition) is 2. The average molecular weight is 277 g/mol.